The number of aromatic nitrogens is 1. The molecule has 1 N–H and O–H groups in total. The minimum atomic E-state index is -0.332. The molecule has 1 amide bonds. The summed E-state index contributed by atoms with van der Waals surface area (Å²) in [5.41, 5.74) is 3.57. The van der Waals surface area contributed by atoms with Gasteiger partial charge in [-0.3, -0.25) is 9.78 Å². The van der Waals surface area contributed by atoms with Gasteiger partial charge in [-0.1, -0.05) is 6.07 Å². The molecule has 1 heterocycles. The number of carbonyl (C=O) groups excluding carboxylic acids is 1. The van der Waals surface area contributed by atoms with Crippen molar-refractivity contribution in [2.75, 3.05) is 14.2 Å². The van der Waals surface area contributed by atoms with E-state index in [0.29, 0.717) is 22.6 Å². The molecule has 6 nitrogen and oxygen atoms in total. The first kappa shape index (κ1) is 14.5. The summed E-state index contributed by atoms with van der Waals surface area (Å²) in [4.78, 5) is 15.7. The van der Waals surface area contributed by atoms with Crippen molar-refractivity contribution in [1.29, 1.82) is 0 Å². The first-order valence-corrected chi connectivity index (χ1v) is 6.20. The third-order valence-corrected chi connectivity index (χ3v) is 2.73. The molecule has 0 aliphatic carbocycles. The van der Waals surface area contributed by atoms with E-state index in [4.69, 9.17) is 9.47 Å². The van der Waals surface area contributed by atoms with E-state index in [2.05, 4.69) is 15.5 Å². The Morgan fingerprint density at radius 3 is 2.76 bits per heavy atom. The van der Waals surface area contributed by atoms with E-state index in [-0.39, 0.29) is 5.91 Å². The Morgan fingerprint density at radius 2 is 2.10 bits per heavy atom. The molecule has 108 valence electrons. The summed E-state index contributed by atoms with van der Waals surface area (Å²) in [7, 11) is 3.10. The standard InChI is InChI=1S/C15H15N3O3/c1-20-13-7-3-5-11(14(13)21-2)10-17-18-15(19)12-6-4-8-16-9-12/h3-10H,1-2H3,(H,18,19). The Balaban J connectivity index is 2.10. The number of carbonyl (C=O) groups is 1. The average Bonchev–Trinajstić information content (AvgIpc) is 2.55. The summed E-state index contributed by atoms with van der Waals surface area (Å²) in [6.45, 7) is 0. The van der Waals surface area contributed by atoms with Crippen molar-refractivity contribution < 1.29 is 14.3 Å². The molecule has 1 aromatic heterocycles. The molecule has 0 saturated heterocycles. The number of benzene rings is 1. The molecule has 0 unspecified atom stereocenters. The molecule has 6 heteroatoms. The van der Waals surface area contributed by atoms with Crippen LogP contribution in [-0.2, 0) is 0 Å². The maximum atomic E-state index is 11.8. The number of nitrogens with one attached hydrogen (secondary N) is 1. The normalized spacial score (nSPS) is 10.4. The number of rotatable bonds is 5. The lowest BCUT2D eigenvalue weighted by Gasteiger charge is -2.09. The SMILES string of the molecule is COc1cccc(C=NNC(=O)c2cccnc2)c1OC. The van der Waals surface area contributed by atoms with Gasteiger partial charge in [-0.2, -0.15) is 5.10 Å². The first-order valence-electron chi connectivity index (χ1n) is 6.20. The molecule has 0 spiro atoms. The van der Waals surface area contributed by atoms with Crippen LogP contribution in [0.3, 0.4) is 0 Å². The lowest BCUT2D eigenvalue weighted by atomic mass is 10.2. The molecule has 0 aliphatic heterocycles. The van der Waals surface area contributed by atoms with Crippen LogP contribution in [0, 0.1) is 0 Å². The molecular weight excluding hydrogens is 270 g/mol. The van der Waals surface area contributed by atoms with Crippen LogP contribution in [0.2, 0.25) is 0 Å². The van der Waals surface area contributed by atoms with Gasteiger partial charge in [0.25, 0.3) is 5.91 Å². The summed E-state index contributed by atoms with van der Waals surface area (Å²) in [5, 5.41) is 3.91. The van der Waals surface area contributed by atoms with Crippen molar-refractivity contribution >= 4 is 12.1 Å². The third-order valence-electron chi connectivity index (χ3n) is 2.73. The van der Waals surface area contributed by atoms with E-state index in [0.717, 1.165) is 0 Å². The maximum absolute atomic E-state index is 11.8. The van der Waals surface area contributed by atoms with E-state index in [1.165, 1.54) is 12.4 Å². The summed E-state index contributed by atoms with van der Waals surface area (Å²) >= 11 is 0. The number of hydrogen-bond donors (Lipinski definition) is 1. The minimum Gasteiger partial charge on any atom is -0.493 e. The number of hydrazone groups is 1. The minimum absolute atomic E-state index is 0.332. The van der Waals surface area contributed by atoms with Crippen molar-refractivity contribution in [3.05, 3.63) is 53.9 Å². The topological polar surface area (TPSA) is 72.8 Å². The second-order valence-electron chi connectivity index (χ2n) is 4.02. The fourth-order valence-corrected chi connectivity index (χ4v) is 1.74. The molecule has 0 saturated carbocycles. The van der Waals surface area contributed by atoms with Crippen LogP contribution in [-0.4, -0.2) is 31.3 Å². The zero-order valence-corrected chi connectivity index (χ0v) is 11.7. The van der Waals surface area contributed by atoms with Crippen molar-refractivity contribution in [2.45, 2.75) is 0 Å². The smallest absolute Gasteiger partial charge is 0.272 e. The monoisotopic (exact) mass is 285 g/mol. The largest absolute Gasteiger partial charge is 0.493 e. The van der Waals surface area contributed by atoms with Gasteiger partial charge in [0.05, 0.1) is 26.0 Å². The first-order chi connectivity index (χ1) is 10.3. The molecule has 2 rings (SSSR count). The summed E-state index contributed by atoms with van der Waals surface area (Å²) in [6.07, 6.45) is 4.56. The van der Waals surface area contributed by atoms with E-state index >= 15 is 0 Å². The molecule has 0 atom stereocenters. The third kappa shape index (κ3) is 3.56. The van der Waals surface area contributed by atoms with Gasteiger partial charge in [-0.25, -0.2) is 5.43 Å². The Labute approximate surface area is 122 Å². The number of ether oxygens (including phenoxy) is 2. The molecule has 0 fully saturated rings. The molecule has 0 radical (unpaired) electrons. The van der Waals surface area contributed by atoms with E-state index in [1.807, 2.05) is 6.07 Å². The number of para-hydroxylation sites is 1. The molecule has 0 aliphatic rings. The fraction of sp³-hybridized carbons (Fsp3) is 0.133. The molecular formula is C15H15N3O3. The van der Waals surface area contributed by atoms with Gasteiger partial charge < -0.3 is 9.47 Å². The van der Waals surface area contributed by atoms with E-state index in [9.17, 15) is 4.79 Å². The van der Waals surface area contributed by atoms with Crippen molar-refractivity contribution in [3.8, 4) is 11.5 Å². The Hall–Kier alpha value is -2.89. The quantitative estimate of drug-likeness (QED) is 0.672. The second-order valence-corrected chi connectivity index (χ2v) is 4.02. The molecule has 2 aromatic rings. The number of methoxy groups -OCH3 is 2. The predicted molar refractivity (Wildman–Crippen MR) is 78.8 cm³/mol. The summed E-state index contributed by atoms with van der Waals surface area (Å²) in [6, 6.07) is 8.74. The van der Waals surface area contributed by atoms with Crippen LogP contribution >= 0.6 is 0 Å². The lowest BCUT2D eigenvalue weighted by Crippen LogP contribution is -2.17. The van der Waals surface area contributed by atoms with Crippen LogP contribution in [0.25, 0.3) is 0 Å². The van der Waals surface area contributed by atoms with Crippen LogP contribution in [0.5, 0.6) is 11.5 Å². The van der Waals surface area contributed by atoms with Gasteiger partial charge in [0.15, 0.2) is 11.5 Å². The average molecular weight is 285 g/mol. The number of hydrogen-bond acceptors (Lipinski definition) is 5. The van der Waals surface area contributed by atoms with E-state index in [1.54, 1.807) is 44.7 Å². The number of pyridine rings is 1. The van der Waals surface area contributed by atoms with Gasteiger partial charge in [-0.15, -0.1) is 0 Å². The highest BCUT2D eigenvalue weighted by Gasteiger charge is 2.07. The predicted octanol–water partition coefficient (Wildman–Crippen LogP) is 1.86. The van der Waals surface area contributed by atoms with Gasteiger partial charge >= 0.3 is 0 Å². The Kier molecular flexibility index (Phi) is 4.87. The Bertz CT molecular complexity index is 642. The van der Waals surface area contributed by atoms with Crippen LogP contribution in [0.1, 0.15) is 15.9 Å². The maximum Gasteiger partial charge on any atom is 0.272 e. The van der Waals surface area contributed by atoms with Crippen molar-refractivity contribution in [3.63, 3.8) is 0 Å². The Morgan fingerprint density at radius 1 is 1.24 bits per heavy atom. The molecule has 0 bridgehead atoms. The second kappa shape index (κ2) is 7.04. The highest BCUT2D eigenvalue weighted by molar-refractivity contribution is 5.94. The van der Waals surface area contributed by atoms with Gasteiger partial charge in [0.2, 0.25) is 0 Å². The zero-order valence-electron chi connectivity index (χ0n) is 11.7. The van der Waals surface area contributed by atoms with Crippen LogP contribution in [0.15, 0.2) is 47.8 Å². The van der Waals surface area contributed by atoms with Crippen molar-refractivity contribution in [1.82, 2.24) is 10.4 Å². The highest BCUT2D eigenvalue weighted by atomic mass is 16.5. The number of nitrogens with zero attached hydrogens (tertiary/aromatic N) is 2. The number of amides is 1. The van der Waals surface area contributed by atoms with E-state index < -0.39 is 0 Å². The zero-order chi connectivity index (χ0) is 15.1. The van der Waals surface area contributed by atoms with Gasteiger partial charge in [0, 0.05) is 18.0 Å². The summed E-state index contributed by atoms with van der Waals surface area (Å²) in [5.74, 6) is 0.820. The summed E-state index contributed by atoms with van der Waals surface area (Å²) < 4.78 is 10.5. The van der Waals surface area contributed by atoms with Crippen LogP contribution in [0.4, 0.5) is 0 Å². The highest BCUT2D eigenvalue weighted by Crippen LogP contribution is 2.29. The van der Waals surface area contributed by atoms with Gasteiger partial charge in [0.1, 0.15) is 0 Å². The molecule has 1 aromatic carbocycles. The van der Waals surface area contributed by atoms with Gasteiger partial charge in [-0.05, 0) is 24.3 Å². The van der Waals surface area contributed by atoms with Crippen molar-refractivity contribution in [2.24, 2.45) is 5.10 Å². The lowest BCUT2D eigenvalue weighted by molar-refractivity contribution is 0.0955. The molecule has 21 heavy (non-hydrogen) atoms. The fourth-order valence-electron chi connectivity index (χ4n) is 1.74. The van der Waals surface area contributed by atoms with Crippen LogP contribution < -0.4 is 14.9 Å².